The van der Waals surface area contributed by atoms with Gasteiger partial charge in [0.05, 0.1) is 41.8 Å². The maximum atomic E-state index is 13.0. The lowest BCUT2D eigenvalue weighted by molar-refractivity contribution is -0.402. The van der Waals surface area contributed by atoms with Crippen LogP contribution in [0, 0.1) is 10.1 Å². The lowest BCUT2D eigenvalue weighted by Gasteiger charge is -2.27. The Labute approximate surface area is 175 Å². The number of nitro groups is 1. The quantitative estimate of drug-likeness (QED) is 0.355. The van der Waals surface area contributed by atoms with Crippen molar-refractivity contribution in [2.75, 3.05) is 44.3 Å². The first-order valence-corrected chi connectivity index (χ1v) is 11.1. The molecule has 1 fully saturated rings. The number of aliphatic imine (C=N–C) groups is 1. The van der Waals surface area contributed by atoms with Crippen molar-refractivity contribution in [1.82, 2.24) is 4.31 Å². The second-order valence-corrected chi connectivity index (χ2v) is 8.47. The summed E-state index contributed by atoms with van der Waals surface area (Å²) in [5.74, 6) is -0.183. The van der Waals surface area contributed by atoms with Crippen LogP contribution in [0.1, 0.15) is 19.6 Å². The lowest BCUT2D eigenvalue weighted by Crippen LogP contribution is -2.40. The van der Waals surface area contributed by atoms with Crippen LogP contribution in [0.4, 0.5) is 17.3 Å². The molecule has 0 saturated carbocycles. The average molecular weight is 436 g/mol. The maximum Gasteiger partial charge on any atom is 0.433 e. The predicted octanol–water partition coefficient (Wildman–Crippen LogP) is 2.81. The zero-order valence-corrected chi connectivity index (χ0v) is 17.7. The monoisotopic (exact) mass is 436 g/mol. The highest BCUT2D eigenvalue weighted by Gasteiger charge is 2.27. The van der Waals surface area contributed by atoms with Crippen molar-refractivity contribution in [2.45, 2.75) is 18.7 Å². The molecule has 162 valence electrons. The van der Waals surface area contributed by atoms with Gasteiger partial charge in [-0.1, -0.05) is 0 Å². The van der Waals surface area contributed by atoms with Gasteiger partial charge in [-0.05, 0) is 38.1 Å². The Hall–Kier alpha value is -2.76. The van der Waals surface area contributed by atoms with Gasteiger partial charge in [0.15, 0.2) is 5.76 Å². The number of nitrogens with zero attached hydrogens (tertiary/aromatic N) is 4. The standard InChI is InChI=1S/C19H24N4O6S/c1-3-21(4-2)18-7-6-16(30(26,27)22-9-11-28-12-10-22)13-17(18)20-14-15-5-8-19(29-15)23(24)25/h5-8,13-14H,3-4,9-12H2,1-2H3. The number of hydrogen-bond acceptors (Lipinski definition) is 8. The van der Waals surface area contributed by atoms with Gasteiger partial charge in [0.25, 0.3) is 0 Å². The Balaban J connectivity index is 1.99. The van der Waals surface area contributed by atoms with Gasteiger partial charge in [-0.3, -0.25) is 15.1 Å². The van der Waals surface area contributed by atoms with E-state index < -0.39 is 14.9 Å². The van der Waals surface area contributed by atoms with Crippen LogP contribution in [0.2, 0.25) is 0 Å². The SMILES string of the molecule is CCN(CC)c1ccc(S(=O)(=O)N2CCOCC2)cc1N=Cc1ccc([N+](=O)[O-])o1. The van der Waals surface area contributed by atoms with E-state index in [0.29, 0.717) is 45.1 Å². The Morgan fingerprint density at radius 2 is 1.90 bits per heavy atom. The smallest absolute Gasteiger partial charge is 0.400 e. The molecule has 0 spiro atoms. The number of morpholine rings is 1. The number of furan rings is 1. The molecule has 1 aromatic heterocycles. The zero-order valence-electron chi connectivity index (χ0n) is 16.9. The van der Waals surface area contributed by atoms with Crippen LogP contribution in [0.3, 0.4) is 0 Å². The lowest BCUT2D eigenvalue weighted by atomic mass is 10.2. The molecule has 30 heavy (non-hydrogen) atoms. The fraction of sp³-hybridized carbons (Fsp3) is 0.421. The summed E-state index contributed by atoms with van der Waals surface area (Å²) >= 11 is 0. The van der Waals surface area contributed by atoms with Crippen molar-refractivity contribution < 1.29 is 22.5 Å². The fourth-order valence-corrected chi connectivity index (χ4v) is 4.61. The van der Waals surface area contributed by atoms with E-state index in [1.165, 1.54) is 28.7 Å². The molecular weight excluding hydrogens is 412 g/mol. The first-order valence-electron chi connectivity index (χ1n) is 9.62. The summed E-state index contributed by atoms with van der Waals surface area (Å²) in [6.45, 7) is 6.72. The number of anilines is 1. The molecule has 3 rings (SSSR count). The van der Waals surface area contributed by atoms with Gasteiger partial charge in [-0.25, -0.2) is 8.42 Å². The Morgan fingerprint density at radius 3 is 2.50 bits per heavy atom. The summed E-state index contributed by atoms with van der Waals surface area (Å²) in [5.41, 5.74) is 1.20. The van der Waals surface area contributed by atoms with Crippen molar-refractivity contribution in [3.05, 3.63) is 46.2 Å². The molecule has 0 aliphatic carbocycles. The molecule has 0 amide bonds. The van der Waals surface area contributed by atoms with E-state index in [4.69, 9.17) is 9.15 Å². The molecule has 2 heterocycles. The third-order valence-electron chi connectivity index (χ3n) is 4.78. The normalized spacial score (nSPS) is 15.5. The van der Waals surface area contributed by atoms with Gasteiger partial charge in [0.2, 0.25) is 10.0 Å². The summed E-state index contributed by atoms with van der Waals surface area (Å²) in [6, 6.07) is 7.51. The van der Waals surface area contributed by atoms with Crippen molar-refractivity contribution in [1.29, 1.82) is 0 Å². The summed E-state index contributed by atoms with van der Waals surface area (Å²) in [5, 5.41) is 10.8. The van der Waals surface area contributed by atoms with Crippen molar-refractivity contribution in [3.63, 3.8) is 0 Å². The third kappa shape index (κ3) is 4.69. The van der Waals surface area contributed by atoms with E-state index in [0.717, 1.165) is 5.69 Å². The molecule has 0 unspecified atom stereocenters. The minimum atomic E-state index is -3.68. The molecule has 1 aromatic carbocycles. The number of sulfonamides is 1. The molecule has 0 N–H and O–H groups in total. The van der Waals surface area contributed by atoms with E-state index in [9.17, 15) is 18.5 Å². The molecule has 0 radical (unpaired) electrons. The summed E-state index contributed by atoms with van der Waals surface area (Å²) in [6.07, 6.45) is 1.35. The molecule has 0 bridgehead atoms. The fourth-order valence-electron chi connectivity index (χ4n) is 3.18. The third-order valence-corrected chi connectivity index (χ3v) is 6.68. The van der Waals surface area contributed by atoms with Gasteiger partial charge >= 0.3 is 5.88 Å². The first-order chi connectivity index (χ1) is 14.4. The summed E-state index contributed by atoms with van der Waals surface area (Å²) in [7, 11) is -3.68. The molecule has 2 aromatic rings. The van der Waals surface area contributed by atoms with Crippen molar-refractivity contribution in [2.24, 2.45) is 4.99 Å². The van der Waals surface area contributed by atoms with E-state index in [1.807, 2.05) is 18.7 Å². The van der Waals surface area contributed by atoms with Gasteiger partial charge in [-0.2, -0.15) is 4.31 Å². The molecule has 0 atom stereocenters. The van der Waals surface area contributed by atoms with Gasteiger partial charge in [0.1, 0.15) is 4.92 Å². The van der Waals surface area contributed by atoms with Gasteiger partial charge < -0.3 is 14.1 Å². The second-order valence-electron chi connectivity index (χ2n) is 6.53. The second kappa shape index (κ2) is 9.37. The van der Waals surface area contributed by atoms with Crippen molar-refractivity contribution >= 4 is 33.5 Å². The van der Waals surface area contributed by atoms with E-state index in [-0.39, 0.29) is 16.5 Å². The van der Waals surface area contributed by atoms with E-state index in [1.54, 1.807) is 12.1 Å². The van der Waals surface area contributed by atoms with Crippen LogP contribution in [0.15, 0.2) is 44.6 Å². The van der Waals surface area contributed by atoms with Crippen molar-refractivity contribution in [3.8, 4) is 0 Å². The average Bonchev–Trinajstić information content (AvgIpc) is 3.24. The van der Waals surface area contributed by atoms with Crippen LogP contribution in [0.25, 0.3) is 0 Å². The Kier molecular flexibility index (Phi) is 6.85. The largest absolute Gasteiger partial charge is 0.433 e. The topological polar surface area (TPSA) is 118 Å². The van der Waals surface area contributed by atoms with Gasteiger partial charge in [-0.15, -0.1) is 0 Å². The number of rotatable bonds is 8. The van der Waals surface area contributed by atoms with Gasteiger partial charge in [0, 0.05) is 26.2 Å². The van der Waals surface area contributed by atoms with E-state index in [2.05, 4.69) is 4.99 Å². The highest BCUT2D eigenvalue weighted by molar-refractivity contribution is 7.89. The zero-order chi connectivity index (χ0) is 21.7. The highest BCUT2D eigenvalue weighted by atomic mass is 32.2. The van der Waals surface area contributed by atoms with Crippen LogP contribution in [-0.4, -0.2) is 63.3 Å². The molecule has 1 saturated heterocycles. The Bertz CT molecular complexity index is 1020. The number of benzene rings is 1. The van der Waals surface area contributed by atoms with E-state index >= 15 is 0 Å². The molecule has 11 heteroatoms. The minimum absolute atomic E-state index is 0.137. The molecular formula is C19H24N4O6S. The maximum absolute atomic E-state index is 13.0. The number of hydrogen-bond donors (Lipinski definition) is 0. The molecule has 1 aliphatic heterocycles. The van der Waals surface area contributed by atoms with Crippen LogP contribution in [0.5, 0.6) is 0 Å². The molecule has 10 nitrogen and oxygen atoms in total. The van der Waals surface area contributed by atoms with Crippen LogP contribution >= 0.6 is 0 Å². The van der Waals surface area contributed by atoms with Crippen LogP contribution in [-0.2, 0) is 14.8 Å². The predicted molar refractivity (Wildman–Crippen MR) is 112 cm³/mol. The summed E-state index contributed by atoms with van der Waals surface area (Å²) in [4.78, 5) is 16.7. The molecule has 1 aliphatic rings. The first kappa shape index (κ1) is 21.9. The number of ether oxygens (including phenoxy) is 1. The Morgan fingerprint density at radius 1 is 1.20 bits per heavy atom. The highest BCUT2D eigenvalue weighted by Crippen LogP contribution is 2.33. The summed E-state index contributed by atoms with van der Waals surface area (Å²) < 4.78 is 37.8. The minimum Gasteiger partial charge on any atom is -0.400 e. The van der Waals surface area contributed by atoms with Crippen LogP contribution < -0.4 is 4.90 Å².